The molecule has 0 heterocycles. The van der Waals surface area contributed by atoms with Gasteiger partial charge in [-0.1, -0.05) is 31.6 Å². The topological polar surface area (TPSA) is 26.0 Å². The van der Waals surface area contributed by atoms with Crippen LogP contribution in [0.1, 0.15) is 26.2 Å². The van der Waals surface area contributed by atoms with Gasteiger partial charge in [0, 0.05) is 12.1 Å². The number of allylic oxidation sites excluding steroid dienone is 5. The zero-order valence-electron chi connectivity index (χ0n) is 7.01. The highest BCUT2D eigenvalue weighted by molar-refractivity contribution is 5.29. The summed E-state index contributed by atoms with van der Waals surface area (Å²) in [7, 11) is 0. The highest BCUT2D eigenvalue weighted by atomic mass is 14.6. The van der Waals surface area contributed by atoms with Crippen molar-refractivity contribution in [3.63, 3.8) is 0 Å². The Balaban J connectivity index is 2.64. The molecule has 0 spiro atoms. The summed E-state index contributed by atoms with van der Waals surface area (Å²) in [4.78, 5) is 0. The van der Waals surface area contributed by atoms with E-state index in [0.29, 0.717) is 0 Å². The first-order chi connectivity index (χ1) is 5.33. The number of hydrogen-bond acceptors (Lipinski definition) is 1. The zero-order chi connectivity index (χ0) is 8.10. The van der Waals surface area contributed by atoms with Crippen LogP contribution in [0.2, 0.25) is 0 Å². The Labute approximate surface area is 68.3 Å². The zero-order valence-corrected chi connectivity index (χ0v) is 7.01. The van der Waals surface area contributed by atoms with Crippen LogP contribution in [0.3, 0.4) is 0 Å². The van der Waals surface area contributed by atoms with Crippen molar-refractivity contribution in [1.29, 1.82) is 0 Å². The van der Waals surface area contributed by atoms with Gasteiger partial charge in [0.25, 0.3) is 0 Å². The Bertz CT molecular complexity index is 209. The first-order valence-corrected chi connectivity index (χ1v) is 4.14. The minimum Gasteiger partial charge on any atom is -0.402 e. The molecule has 1 nitrogen and oxygen atoms in total. The lowest BCUT2D eigenvalue weighted by atomic mass is 10.1. The predicted octanol–water partition coefficient (Wildman–Crippen LogP) is 2.52. The maximum atomic E-state index is 5.66. The minimum atomic E-state index is 0.893. The van der Waals surface area contributed by atoms with E-state index >= 15 is 0 Å². The minimum absolute atomic E-state index is 0.893. The molecule has 60 valence electrons. The Morgan fingerprint density at radius 3 is 3.00 bits per heavy atom. The molecule has 1 aliphatic carbocycles. The number of rotatable bonds is 2. The van der Waals surface area contributed by atoms with Crippen LogP contribution in [0.15, 0.2) is 35.6 Å². The van der Waals surface area contributed by atoms with Crippen molar-refractivity contribution in [1.82, 2.24) is 0 Å². The van der Waals surface area contributed by atoms with E-state index < -0.39 is 0 Å². The molecule has 0 saturated heterocycles. The lowest BCUT2D eigenvalue weighted by Gasteiger charge is -1.94. The molecule has 2 N–H and O–H groups in total. The van der Waals surface area contributed by atoms with Crippen molar-refractivity contribution in [2.45, 2.75) is 26.2 Å². The Hall–Kier alpha value is -0.980. The first kappa shape index (κ1) is 8.12. The first-order valence-electron chi connectivity index (χ1n) is 4.14. The molecule has 0 amide bonds. The molecular formula is C10H15N. The summed E-state index contributed by atoms with van der Waals surface area (Å²) < 4.78 is 0. The molecular weight excluding hydrogens is 134 g/mol. The molecule has 1 heteroatoms. The van der Waals surface area contributed by atoms with E-state index in [4.69, 9.17) is 5.73 Å². The van der Waals surface area contributed by atoms with E-state index in [1.54, 1.807) is 0 Å². The van der Waals surface area contributed by atoms with Gasteiger partial charge in [-0.3, -0.25) is 0 Å². The highest BCUT2D eigenvalue weighted by Crippen LogP contribution is 2.11. The molecule has 0 saturated carbocycles. The van der Waals surface area contributed by atoms with Crippen molar-refractivity contribution < 1.29 is 0 Å². The van der Waals surface area contributed by atoms with Crippen LogP contribution in [0.25, 0.3) is 0 Å². The summed E-state index contributed by atoms with van der Waals surface area (Å²) in [6.45, 7) is 2.19. The summed E-state index contributed by atoms with van der Waals surface area (Å²) in [5, 5.41) is 0. The van der Waals surface area contributed by atoms with Gasteiger partial charge in [-0.05, 0) is 18.1 Å². The quantitative estimate of drug-likeness (QED) is 0.641. The van der Waals surface area contributed by atoms with Crippen LogP contribution < -0.4 is 5.73 Å². The van der Waals surface area contributed by atoms with Crippen LogP contribution in [0.4, 0.5) is 0 Å². The van der Waals surface area contributed by atoms with Crippen LogP contribution in [-0.2, 0) is 0 Å². The van der Waals surface area contributed by atoms with Crippen LogP contribution in [-0.4, -0.2) is 0 Å². The van der Waals surface area contributed by atoms with Gasteiger partial charge in [-0.2, -0.15) is 0 Å². The fraction of sp³-hybridized carbons (Fsp3) is 0.400. The summed E-state index contributed by atoms with van der Waals surface area (Å²) >= 11 is 0. The smallest absolute Gasteiger partial charge is 0.0119 e. The molecule has 0 aromatic carbocycles. The van der Waals surface area contributed by atoms with Crippen molar-refractivity contribution in [3.8, 4) is 0 Å². The monoisotopic (exact) mass is 149 g/mol. The Morgan fingerprint density at radius 1 is 1.45 bits per heavy atom. The molecule has 0 fully saturated rings. The van der Waals surface area contributed by atoms with Gasteiger partial charge in [-0.25, -0.2) is 0 Å². The van der Waals surface area contributed by atoms with Gasteiger partial charge >= 0.3 is 0 Å². The van der Waals surface area contributed by atoms with Crippen molar-refractivity contribution in [2.75, 3.05) is 0 Å². The third-order valence-electron chi connectivity index (χ3n) is 1.74. The highest BCUT2D eigenvalue weighted by Gasteiger charge is 1.94. The van der Waals surface area contributed by atoms with E-state index in [1.165, 1.54) is 12.0 Å². The predicted molar refractivity (Wildman–Crippen MR) is 49.0 cm³/mol. The van der Waals surface area contributed by atoms with E-state index in [-0.39, 0.29) is 0 Å². The molecule has 0 atom stereocenters. The SMILES string of the molecule is CCCC1=CC=C(N)CC=C1. The van der Waals surface area contributed by atoms with Gasteiger partial charge in [0.1, 0.15) is 0 Å². The second kappa shape index (κ2) is 4.02. The molecule has 1 aliphatic rings. The summed E-state index contributed by atoms with van der Waals surface area (Å²) in [6, 6.07) is 0. The second-order valence-electron chi connectivity index (χ2n) is 2.84. The molecule has 0 unspecified atom stereocenters. The van der Waals surface area contributed by atoms with Gasteiger partial charge in [-0.15, -0.1) is 0 Å². The summed E-state index contributed by atoms with van der Waals surface area (Å²) in [5.74, 6) is 0. The summed E-state index contributed by atoms with van der Waals surface area (Å²) in [6.07, 6.45) is 11.7. The fourth-order valence-corrected chi connectivity index (χ4v) is 1.14. The van der Waals surface area contributed by atoms with Crippen molar-refractivity contribution in [2.24, 2.45) is 5.73 Å². The molecule has 11 heavy (non-hydrogen) atoms. The van der Waals surface area contributed by atoms with E-state index in [2.05, 4.69) is 25.2 Å². The molecule has 0 aromatic rings. The average Bonchev–Trinajstić information content (AvgIpc) is 2.17. The maximum Gasteiger partial charge on any atom is 0.0119 e. The average molecular weight is 149 g/mol. The van der Waals surface area contributed by atoms with Gasteiger partial charge < -0.3 is 5.73 Å². The molecule has 1 rings (SSSR count). The van der Waals surface area contributed by atoms with Crippen molar-refractivity contribution in [3.05, 3.63) is 35.6 Å². The van der Waals surface area contributed by atoms with Gasteiger partial charge in [0.2, 0.25) is 0 Å². The lowest BCUT2D eigenvalue weighted by Crippen LogP contribution is -1.92. The van der Waals surface area contributed by atoms with E-state index in [0.717, 1.165) is 18.5 Å². The van der Waals surface area contributed by atoms with Crippen LogP contribution in [0, 0.1) is 0 Å². The Morgan fingerprint density at radius 2 is 2.27 bits per heavy atom. The van der Waals surface area contributed by atoms with E-state index in [9.17, 15) is 0 Å². The fourth-order valence-electron chi connectivity index (χ4n) is 1.14. The largest absolute Gasteiger partial charge is 0.402 e. The standard InChI is InChI=1S/C10H15N/c1-2-4-9-5-3-6-10(11)8-7-9/h3,5,7-8H,2,4,6,11H2,1H3. The van der Waals surface area contributed by atoms with Crippen LogP contribution in [0.5, 0.6) is 0 Å². The Kier molecular flexibility index (Phi) is 2.96. The second-order valence-corrected chi connectivity index (χ2v) is 2.84. The van der Waals surface area contributed by atoms with Crippen molar-refractivity contribution >= 4 is 0 Å². The van der Waals surface area contributed by atoms with E-state index in [1.807, 2.05) is 6.08 Å². The third kappa shape index (κ3) is 2.62. The molecule has 0 aliphatic heterocycles. The van der Waals surface area contributed by atoms with Crippen LogP contribution >= 0.6 is 0 Å². The van der Waals surface area contributed by atoms with Gasteiger partial charge in [0.05, 0.1) is 0 Å². The molecule has 0 aromatic heterocycles. The molecule has 0 radical (unpaired) electrons. The lowest BCUT2D eigenvalue weighted by molar-refractivity contribution is 0.926. The molecule has 0 bridgehead atoms. The maximum absolute atomic E-state index is 5.66. The summed E-state index contributed by atoms with van der Waals surface area (Å²) in [5.41, 5.74) is 7.99. The normalized spacial score (nSPS) is 17.2. The number of nitrogens with two attached hydrogens (primary N) is 1. The third-order valence-corrected chi connectivity index (χ3v) is 1.74. The number of hydrogen-bond donors (Lipinski definition) is 1. The van der Waals surface area contributed by atoms with Gasteiger partial charge in [0.15, 0.2) is 0 Å².